The highest BCUT2D eigenvalue weighted by Crippen LogP contribution is 2.20. The third-order valence-corrected chi connectivity index (χ3v) is 3.00. The zero-order valence-electron chi connectivity index (χ0n) is 10.7. The Morgan fingerprint density at radius 2 is 2.00 bits per heavy atom. The van der Waals surface area contributed by atoms with Gasteiger partial charge in [-0.2, -0.15) is 5.26 Å². The second kappa shape index (κ2) is 5.50. The Labute approximate surface area is 108 Å². The minimum atomic E-state index is -0.127. The van der Waals surface area contributed by atoms with Gasteiger partial charge in [0.1, 0.15) is 5.82 Å². The highest BCUT2D eigenvalue weighted by atomic mass is 15.1. The van der Waals surface area contributed by atoms with Crippen LogP contribution in [0.4, 0.5) is 0 Å². The fraction of sp³-hybridized carbons (Fsp3) is 0.333. The molecule has 3 nitrogen and oxygen atoms in total. The van der Waals surface area contributed by atoms with Gasteiger partial charge in [-0.15, -0.1) is 0 Å². The maximum absolute atomic E-state index is 9.32. The molecule has 2 rings (SSSR count). The lowest BCUT2D eigenvalue weighted by Crippen LogP contribution is -2.11. The van der Waals surface area contributed by atoms with Crippen molar-refractivity contribution in [2.24, 2.45) is 0 Å². The van der Waals surface area contributed by atoms with Crippen molar-refractivity contribution < 1.29 is 0 Å². The van der Waals surface area contributed by atoms with Crippen molar-refractivity contribution in [3.63, 3.8) is 0 Å². The van der Waals surface area contributed by atoms with Crippen LogP contribution in [-0.4, -0.2) is 9.55 Å². The summed E-state index contributed by atoms with van der Waals surface area (Å²) in [6.07, 6.45) is 3.75. The van der Waals surface area contributed by atoms with Crippen molar-refractivity contribution in [2.75, 3.05) is 0 Å². The quantitative estimate of drug-likeness (QED) is 0.821. The van der Waals surface area contributed by atoms with E-state index >= 15 is 0 Å². The van der Waals surface area contributed by atoms with Gasteiger partial charge in [-0.25, -0.2) is 4.98 Å². The highest BCUT2D eigenvalue weighted by Gasteiger charge is 2.14. The first-order valence-electron chi connectivity index (χ1n) is 6.18. The Bertz CT molecular complexity index is 534. The van der Waals surface area contributed by atoms with Gasteiger partial charge in [0.25, 0.3) is 0 Å². The molecule has 2 aromatic rings. The molecule has 18 heavy (non-hydrogen) atoms. The maximum Gasteiger partial charge on any atom is 0.111 e. The van der Waals surface area contributed by atoms with Crippen molar-refractivity contribution in [3.05, 3.63) is 54.1 Å². The van der Waals surface area contributed by atoms with Gasteiger partial charge >= 0.3 is 0 Å². The molecule has 0 N–H and O–H groups in total. The third-order valence-electron chi connectivity index (χ3n) is 3.00. The van der Waals surface area contributed by atoms with Crippen LogP contribution in [0.15, 0.2) is 42.7 Å². The SMILES string of the molecule is CC(C)c1nccn1CC(C#N)c1ccccc1. The molecule has 0 saturated heterocycles. The fourth-order valence-electron chi connectivity index (χ4n) is 2.08. The molecule has 1 aromatic heterocycles. The van der Waals surface area contributed by atoms with E-state index < -0.39 is 0 Å². The van der Waals surface area contributed by atoms with E-state index in [1.54, 1.807) is 6.20 Å². The van der Waals surface area contributed by atoms with Crippen LogP contribution in [0.25, 0.3) is 0 Å². The van der Waals surface area contributed by atoms with E-state index in [1.165, 1.54) is 0 Å². The average Bonchev–Trinajstić information content (AvgIpc) is 2.85. The molecule has 1 heterocycles. The zero-order chi connectivity index (χ0) is 13.0. The summed E-state index contributed by atoms with van der Waals surface area (Å²) in [6.45, 7) is 4.89. The molecule has 0 aliphatic rings. The van der Waals surface area contributed by atoms with Crippen molar-refractivity contribution in [2.45, 2.75) is 32.2 Å². The van der Waals surface area contributed by atoms with Crippen LogP contribution in [0.5, 0.6) is 0 Å². The topological polar surface area (TPSA) is 41.6 Å². The van der Waals surface area contributed by atoms with Gasteiger partial charge < -0.3 is 4.57 Å². The van der Waals surface area contributed by atoms with Gasteiger partial charge in [-0.05, 0) is 5.56 Å². The molecule has 0 spiro atoms. The molecule has 3 heteroatoms. The van der Waals surface area contributed by atoms with Gasteiger partial charge in [0.2, 0.25) is 0 Å². The minimum absolute atomic E-state index is 0.127. The van der Waals surface area contributed by atoms with Crippen molar-refractivity contribution in [3.8, 4) is 6.07 Å². The van der Waals surface area contributed by atoms with Crippen LogP contribution in [0.3, 0.4) is 0 Å². The Morgan fingerprint density at radius 3 is 2.61 bits per heavy atom. The van der Waals surface area contributed by atoms with Crippen LogP contribution < -0.4 is 0 Å². The summed E-state index contributed by atoms with van der Waals surface area (Å²) in [5.41, 5.74) is 1.06. The zero-order valence-corrected chi connectivity index (χ0v) is 10.7. The second-order valence-electron chi connectivity index (χ2n) is 4.68. The Hall–Kier alpha value is -2.08. The normalized spacial score (nSPS) is 12.3. The third kappa shape index (κ3) is 2.60. The summed E-state index contributed by atoms with van der Waals surface area (Å²) in [7, 11) is 0. The van der Waals surface area contributed by atoms with Gasteiger partial charge in [-0.1, -0.05) is 44.2 Å². The van der Waals surface area contributed by atoms with Crippen molar-refractivity contribution in [1.29, 1.82) is 5.26 Å². The van der Waals surface area contributed by atoms with E-state index in [2.05, 4.69) is 29.5 Å². The molecule has 0 amide bonds. The smallest absolute Gasteiger partial charge is 0.111 e. The lowest BCUT2D eigenvalue weighted by atomic mass is 10.0. The van der Waals surface area contributed by atoms with E-state index in [0.717, 1.165) is 11.4 Å². The van der Waals surface area contributed by atoms with Gasteiger partial charge in [0.15, 0.2) is 0 Å². The molecule has 1 aromatic carbocycles. The molecular weight excluding hydrogens is 222 g/mol. The molecule has 92 valence electrons. The summed E-state index contributed by atoms with van der Waals surface area (Å²) >= 11 is 0. The Morgan fingerprint density at radius 1 is 1.28 bits per heavy atom. The molecule has 0 radical (unpaired) electrons. The molecule has 0 saturated carbocycles. The second-order valence-corrected chi connectivity index (χ2v) is 4.68. The summed E-state index contributed by atoms with van der Waals surface area (Å²) in [5.74, 6) is 1.28. The number of aromatic nitrogens is 2. The van der Waals surface area contributed by atoms with Crippen LogP contribution in [-0.2, 0) is 6.54 Å². The van der Waals surface area contributed by atoms with E-state index in [0.29, 0.717) is 12.5 Å². The van der Waals surface area contributed by atoms with Gasteiger partial charge in [-0.3, -0.25) is 0 Å². The monoisotopic (exact) mass is 239 g/mol. The number of imidazole rings is 1. The largest absolute Gasteiger partial charge is 0.333 e. The average molecular weight is 239 g/mol. The highest BCUT2D eigenvalue weighted by molar-refractivity contribution is 5.24. The standard InChI is InChI=1S/C15H17N3/c1-12(2)15-17-8-9-18(15)11-14(10-16)13-6-4-3-5-7-13/h3-9,12,14H,11H2,1-2H3. The van der Waals surface area contributed by atoms with E-state index in [4.69, 9.17) is 0 Å². The fourth-order valence-corrected chi connectivity index (χ4v) is 2.08. The predicted octanol–water partition coefficient (Wildman–Crippen LogP) is 3.31. The Kier molecular flexibility index (Phi) is 3.78. The number of rotatable bonds is 4. The number of benzene rings is 1. The van der Waals surface area contributed by atoms with E-state index in [1.807, 2.05) is 36.5 Å². The number of hydrogen-bond donors (Lipinski definition) is 0. The van der Waals surface area contributed by atoms with Crippen LogP contribution in [0, 0.1) is 11.3 Å². The molecule has 0 aliphatic heterocycles. The molecule has 0 aliphatic carbocycles. The number of nitrogens with zero attached hydrogens (tertiary/aromatic N) is 3. The molecule has 0 bridgehead atoms. The van der Waals surface area contributed by atoms with E-state index in [9.17, 15) is 5.26 Å². The van der Waals surface area contributed by atoms with Crippen molar-refractivity contribution in [1.82, 2.24) is 9.55 Å². The minimum Gasteiger partial charge on any atom is -0.333 e. The molecule has 0 fully saturated rings. The molecule has 1 atom stereocenters. The first kappa shape index (κ1) is 12.4. The summed E-state index contributed by atoms with van der Waals surface area (Å²) in [5, 5.41) is 9.32. The summed E-state index contributed by atoms with van der Waals surface area (Å²) in [4.78, 5) is 4.35. The van der Waals surface area contributed by atoms with Gasteiger partial charge in [0, 0.05) is 24.9 Å². The van der Waals surface area contributed by atoms with E-state index in [-0.39, 0.29) is 5.92 Å². The first-order chi connectivity index (χ1) is 8.72. The maximum atomic E-state index is 9.32. The first-order valence-corrected chi connectivity index (χ1v) is 6.18. The van der Waals surface area contributed by atoms with Crippen molar-refractivity contribution >= 4 is 0 Å². The molecule has 1 unspecified atom stereocenters. The van der Waals surface area contributed by atoms with Crippen LogP contribution >= 0.6 is 0 Å². The number of hydrogen-bond acceptors (Lipinski definition) is 2. The lowest BCUT2D eigenvalue weighted by molar-refractivity contribution is 0.589. The lowest BCUT2D eigenvalue weighted by Gasteiger charge is -2.14. The predicted molar refractivity (Wildman–Crippen MR) is 71.1 cm³/mol. The van der Waals surface area contributed by atoms with Gasteiger partial charge in [0.05, 0.1) is 12.0 Å². The summed E-state index contributed by atoms with van der Waals surface area (Å²) in [6, 6.07) is 12.3. The number of nitriles is 1. The Balaban J connectivity index is 2.22. The van der Waals surface area contributed by atoms with Crippen LogP contribution in [0.2, 0.25) is 0 Å². The summed E-state index contributed by atoms with van der Waals surface area (Å²) < 4.78 is 2.07. The molecular formula is C15H17N3. The van der Waals surface area contributed by atoms with Crippen LogP contribution in [0.1, 0.15) is 37.1 Å².